The van der Waals surface area contributed by atoms with Crippen LogP contribution in [0.4, 0.5) is 11.4 Å². The zero-order valence-corrected chi connectivity index (χ0v) is 33.0. The maximum Gasteiger partial charge on any atom is 0.306 e. The van der Waals surface area contributed by atoms with Gasteiger partial charge >= 0.3 is 10.1 Å². The first-order valence-electron chi connectivity index (χ1n) is 18.9. The van der Waals surface area contributed by atoms with Gasteiger partial charge < -0.3 is 28.2 Å². The number of nitrogens with zero attached hydrogens (tertiary/aromatic N) is 2. The van der Waals surface area contributed by atoms with E-state index >= 15 is 0 Å². The van der Waals surface area contributed by atoms with E-state index in [-0.39, 0.29) is 11.2 Å². The van der Waals surface area contributed by atoms with Crippen LogP contribution < -0.4 is 28.2 Å². The van der Waals surface area contributed by atoms with Crippen molar-refractivity contribution in [2.75, 3.05) is 56.5 Å². The van der Waals surface area contributed by atoms with E-state index < -0.39 is 15.7 Å². The molecule has 6 aromatic rings. The quantitative estimate of drug-likeness (QED) is 0.142. The van der Waals surface area contributed by atoms with Crippen LogP contribution in [0.3, 0.4) is 0 Å². The number of piperazine rings is 1. The molecule has 6 aromatic carbocycles. The monoisotopic (exact) mass is 764 g/mol. The zero-order chi connectivity index (χ0) is 38.8. The first-order chi connectivity index (χ1) is 27.0. The van der Waals surface area contributed by atoms with Crippen molar-refractivity contribution >= 4 is 38.3 Å². The molecule has 0 amide bonds. The maximum absolute atomic E-state index is 12.5. The number of ether oxygens (including phenoxy) is 3. The minimum Gasteiger partial charge on any atom is -0.497 e. The van der Waals surface area contributed by atoms with Crippen molar-refractivity contribution < 1.29 is 26.8 Å². The normalized spacial score (nSPS) is 18.2. The molecule has 1 atom stereocenters. The van der Waals surface area contributed by atoms with Crippen molar-refractivity contribution in [3.63, 3.8) is 0 Å². The van der Waals surface area contributed by atoms with Gasteiger partial charge in [0.1, 0.15) is 11.5 Å². The molecule has 0 N–H and O–H groups in total. The Morgan fingerprint density at radius 1 is 0.679 bits per heavy atom. The van der Waals surface area contributed by atoms with Gasteiger partial charge in [0.05, 0.1) is 20.5 Å². The predicted molar refractivity (Wildman–Crippen MR) is 224 cm³/mol. The minimum absolute atomic E-state index is 0.132. The fourth-order valence-corrected chi connectivity index (χ4v) is 9.40. The summed E-state index contributed by atoms with van der Waals surface area (Å²) in [5.74, 6) is 2.00. The molecule has 8 nitrogen and oxygen atoms in total. The molecule has 1 saturated heterocycles. The molecule has 9 heteroatoms. The molecule has 0 radical (unpaired) electrons. The summed E-state index contributed by atoms with van der Waals surface area (Å²) in [7, 11) is -0.637. The Bertz CT molecular complexity index is 2610. The van der Waals surface area contributed by atoms with Crippen LogP contribution in [0.2, 0.25) is 0 Å². The second-order valence-electron chi connectivity index (χ2n) is 15.3. The summed E-state index contributed by atoms with van der Waals surface area (Å²) in [5, 5.41) is 1.64. The van der Waals surface area contributed by atoms with Gasteiger partial charge in [0.2, 0.25) is 0 Å². The molecule has 3 aliphatic rings. The van der Waals surface area contributed by atoms with Gasteiger partial charge in [-0.15, -0.1) is 0 Å². The summed E-state index contributed by atoms with van der Waals surface area (Å²) in [4.78, 5) is 4.85. The highest BCUT2D eigenvalue weighted by Crippen LogP contribution is 2.59. The van der Waals surface area contributed by atoms with Gasteiger partial charge in [-0.25, -0.2) is 0 Å². The third-order valence-electron chi connectivity index (χ3n) is 11.6. The van der Waals surface area contributed by atoms with E-state index in [1.807, 2.05) is 42.5 Å². The Balaban J connectivity index is 1.15. The van der Waals surface area contributed by atoms with Crippen LogP contribution in [0.15, 0.2) is 121 Å². The van der Waals surface area contributed by atoms with E-state index in [4.69, 9.17) is 18.4 Å². The topological polar surface area (TPSA) is 77.5 Å². The Morgan fingerprint density at radius 3 is 1.89 bits per heavy atom. The highest BCUT2D eigenvalue weighted by molar-refractivity contribution is 7.86. The standard InChI is InChI=1S/C47H44N2O6S/c1-46(2)40-14-10-9-13-36(40)43-38-29-42(55-56(5,50)51)41(53-4)30-39(38)45-37(44(43)46)23-24-47(54-45,31-11-7-6-8-12-31)32-15-17-33(18-16-32)48-25-27-49(28-26-48)34-19-21-35(52-3)22-20-34/h6-24,29-30H,25-28H2,1-5H3. The number of rotatable bonds is 8. The van der Waals surface area contributed by atoms with Gasteiger partial charge in [-0.2, -0.15) is 8.42 Å². The average Bonchev–Trinajstić information content (AvgIpc) is 3.47. The van der Waals surface area contributed by atoms with E-state index in [0.29, 0.717) is 11.5 Å². The fraction of sp³-hybridized carbons (Fsp3) is 0.234. The van der Waals surface area contributed by atoms with E-state index in [9.17, 15) is 8.42 Å². The molecule has 0 spiro atoms. The van der Waals surface area contributed by atoms with Crippen LogP contribution in [0.5, 0.6) is 23.0 Å². The molecule has 1 fully saturated rings. The molecular formula is C47H44N2O6S. The summed E-state index contributed by atoms with van der Waals surface area (Å²) >= 11 is 0. The molecule has 56 heavy (non-hydrogen) atoms. The van der Waals surface area contributed by atoms with Crippen molar-refractivity contribution in [1.82, 2.24) is 0 Å². The van der Waals surface area contributed by atoms with Gasteiger partial charge in [-0.3, -0.25) is 0 Å². The van der Waals surface area contributed by atoms with Crippen LogP contribution in [-0.4, -0.2) is 55.1 Å². The molecule has 9 rings (SSSR count). The number of methoxy groups -OCH3 is 2. The highest BCUT2D eigenvalue weighted by Gasteiger charge is 2.44. The van der Waals surface area contributed by atoms with E-state index in [0.717, 1.165) is 88.0 Å². The first-order valence-corrected chi connectivity index (χ1v) is 20.7. The number of anilines is 2. The van der Waals surface area contributed by atoms with Crippen LogP contribution >= 0.6 is 0 Å². The molecule has 1 aliphatic carbocycles. The minimum atomic E-state index is -3.85. The van der Waals surface area contributed by atoms with Gasteiger partial charge in [-0.1, -0.05) is 86.7 Å². The van der Waals surface area contributed by atoms with E-state index in [2.05, 4.69) is 103 Å². The van der Waals surface area contributed by atoms with Crippen molar-refractivity contribution in [3.8, 4) is 34.1 Å². The molecule has 1 unspecified atom stereocenters. The molecule has 0 bridgehead atoms. The smallest absolute Gasteiger partial charge is 0.306 e. The van der Waals surface area contributed by atoms with Crippen LogP contribution in [0.1, 0.15) is 41.7 Å². The number of hydrogen-bond donors (Lipinski definition) is 0. The highest BCUT2D eigenvalue weighted by atomic mass is 32.2. The van der Waals surface area contributed by atoms with Gasteiger partial charge in [0, 0.05) is 65.0 Å². The molecule has 0 aromatic heterocycles. The summed E-state index contributed by atoms with van der Waals surface area (Å²) in [5.41, 5.74) is 8.46. The lowest BCUT2D eigenvalue weighted by Crippen LogP contribution is -2.46. The summed E-state index contributed by atoms with van der Waals surface area (Å²) in [6.07, 6.45) is 5.45. The molecule has 0 saturated carbocycles. The van der Waals surface area contributed by atoms with E-state index in [1.54, 1.807) is 13.2 Å². The van der Waals surface area contributed by atoms with Gasteiger partial charge in [0.15, 0.2) is 17.1 Å². The third-order valence-corrected chi connectivity index (χ3v) is 12.1. The van der Waals surface area contributed by atoms with Crippen molar-refractivity contribution in [2.45, 2.75) is 24.9 Å². The lowest BCUT2D eigenvalue weighted by Gasteiger charge is -2.39. The Labute approximate surface area is 328 Å². The Hall–Kier alpha value is -5.93. The number of benzene rings is 6. The summed E-state index contributed by atoms with van der Waals surface area (Å²) in [6.45, 7) is 8.13. The molecule has 2 heterocycles. The largest absolute Gasteiger partial charge is 0.497 e. The number of fused-ring (bicyclic) bond motifs is 8. The van der Waals surface area contributed by atoms with Crippen LogP contribution in [-0.2, 0) is 21.1 Å². The Kier molecular flexibility index (Phi) is 8.54. The lowest BCUT2D eigenvalue weighted by molar-refractivity contribution is 0.163. The lowest BCUT2D eigenvalue weighted by atomic mass is 9.76. The van der Waals surface area contributed by atoms with Crippen LogP contribution in [0, 0.1) is 0 Å². The second kappa shape index (κ2) is 13.4. The molecule has 284 valence electrons. The van der Waals surface area contributed by atoms with Gasteiger partial charge in [-0.05, 0) is 82.2 Å². The number of hydrogen-bond acceptors (Lipinski definition) is 8. The average molecular weight is 765 g/mol. The zero-order valence-electron chi connectivity index (χ0n) is 32.2. The molecular weight excluding hydrogens is 721 g/mol. The third kappa shape index (κ3) is 5.84. The second-order valence-corrected chi connectivity index (χ2v) is 16.8. The van der Waals surface area contributed by atoms with Crippen LogP contribution in [0.25, 0.3) is 28.0 Å². The van der Waals surface area contributed by atoms with Crippen molar-refractivity contribution in [2.24, 2.45) is 0 Å². The predicted octanol–water partition coefficient (Wildman–Crippen LogP) is 9.18. The van der Waals surface area contributed by atoms with Gasteiger partial charge in [0.25, 0.3) is 0 Å². The van der Waals surface area contributed by atoms with Crippen molar-refractivity contribution in [1.29, 1.82) is 0 Å². The SMILES string of the molecule is COc1ccc(N2CCN(c3ccc(C4(c5ccccc5)C=Cc5c6c(c7cc(OS(C)(=O)=O)c(OC)cc7c5O4)-c4ccccc4C6(C)C)cc3)CC2)cc1. The first kappa shape index (κ1) is 35.8. The van der Waals surface area contributed by atoms with Crippen molar-refractivity contribution in [3.05, 3.63) is 149 Å². The summed E-state index contributed by atoms with van der Waals surface area (Å²) in [6, 6.07) is 39.4. The molecule has 2 aliphatic heterocycles. The maximum atomic E-state index is 12.5. The summed E-state index contributed by atoms with van der Waals surface area (Å²) < 4.78 is 49.1. The Morgan fingerprint density at radius 2 is 1.27 bits per heavy atom. The fourth-order valence-electron chi connectivity index (χ4n) is 8.94. The van der Waals surface area contributed by atoms with E-state index in [1.165, 1.54) is 18.4 Å².